The van der Waals surface area contributed by atoms with E-state index in [4.69, 9.17) is 0 Å². The highest BCUT2D eigenvalue weighted by Gasteiger charge is 2.41. The quantitative estimate of drug-likeness (QED) is 0.644. The molecular weight excluding hydrogens is 461 g/mol. The summed E-state index contributed by atoms with van der Waals surface area (Å²) in [6.45, 7) is 6.65. The summed E-state index contributed by atoms with van der Waals surface area (Å²) in [4.78, 5) is 39.8. The maximum absolute atomic E-state index is 13.3. The predicted octanol–water partition coefficient (Wildman–Crippen LogP) is 2.69. The number of nitrogens with one attached hydrogen (secondary N) is 1. The third-order valence-corrected chi connectivity index (χ3v) is 7.21. The number of hydrogen-bond acceptors (Lipinski definition) is 5. The van der Waals surface area contributed by atoms with E-state index in [0.717, 1.165) is 0 Å². The lowest BCUT2D eigenvalue weighted by molar-refractivity contribution is -0.141. The lowest BCUT2D eigenvalue weighted by Gasteiger charge is -2.32. The van der Waals surface area contributed by atoms with Crippen LogP contribution in [0.1, 0.15) is 50.0 Å². The molecule has 0 saturated carbocycles. The Labute approximate surface area is 198 Å². The second-order valence-corrected chi connectivity index (χ2v) is 11.0. The Balaban J connectivity index is 1.80. The molecule has 3 rings (SSSR count). The van der Waals surface area contributed by atoms with Crippen LogP contribution in [0.4, 0.5) is 4.39 Å². The molecule has 1 aliphatic heterocycles. The van der Waals surface area contributed by atoms with Gasteiger partial charge in [0.05, 0.1) is 5.56 Å². The van der Waals surface area contributed by atoms with Crippen LogP contribution >= 0.6 is 0 Å². The van der Waals surface area contributed by atoms with Gasteiger partial charge in [0, 0.05) is 25.0 Å². The molecule has 34 heavy (non-hydrogen) atoms. The van der Waals surface area contributed by atoms with Gasteiger partial charge in [0.25, 0.3) is 15.9 Å². The second-order valence-electron chi connectivity index (χ2n) is 9.19. The maximum atomic E-state index is 13.3. The summed E-state index contributed by atoms with van der Waals surface area (Å²) in [5.74, 6) is -2.02. The highest BCUT2D eigenvalue weighted by molar-refractivity contribution is 7.90. The van der Waals surface area contributed by atoms with Gasteiger partial charge >= 0.3 is 0 Å². The molecule has 0 spiro atoms. The zero-order chi connectivity index (χ0) is 25.3. The van der Waals surface area contributed by atoms with Gasteiger partial charge in [-0.05, 0) is 57.5 Å². The van der Waals surface area contributed by atoms with Gasteiger partial charge in [-0.3, -0.25) is 14.4 Å². The van der Waals surface area contributed by atoms with Crippen LogP contribution in [0.3, 0.4) is 0 Å². The monoisotopic (exact) mass is 489 g/mol. The molecule has 0 bridgehead atoms. The highest BCUT2D eigenvalue weighted by Crippen LogP contribution is 2.30. The normalized spacial score (nSPS) is 15.6. The van der Waals surface area contributed by atoms with Crippen LogP contribution < -0.4 is 5.32 Å². The molecule has 182 valence electrons. The van der Waals surface area contributed by atoms with Crippen molar-refractivity contribution >= 4 is 27.7 Å². The number of hydrogen-bond donors (Lipinski definition) is 1. The van der Waals surface area contributed by atoms with Crippen LogP contribution in [-0.4, -0.2) is 53.5 Å². The number of amides is 3. The van der Waals surface area contributed by atoms with Crippen LogP contribution in [0, 0.1) is 5.82 Å². The maximum Gasteiger partial charge on any atom is 0.269 e. The third kappa shape index (κ3) is 5.44. The van der Waals surface area contributed by atoms with E-state index in [1.54, 1.807) is 13.0 Å². The Hall–Kier alpha value is -3.27. The summed E-state index contributed by atoms with van der Waals surface area (Å²) < 4.78 is 39.6. The van der Waals surface area contributed by atoms with Gasteiger partial charge in [0.1, 0.15) is 16.8 Å². The van der Waals surface area contributed by atoms with Crippen molar-refractivity contribution in [2.75, 3.05) is 6.54 Å². The summed E-state index contributed by atoms with van der Waals surface area (Å²) >= 11 is 0. The number of sulfonamides is 1. The summed E-state index contributed by atoms with van der Waals surface area (Å²) in [6, 6.07) is 10.5. The third-order valence-electron chi connectivity index (χ3n) is 5.37. The molecule has 1 heterocycles. The molecule has 0 aliphatic carbocycles. The molecule has 0 fully saturated rings. The molecule has 0 aromatic heterocycles. The van der Waals surface area contributed by atoms with Crippen LogP contribution in [0.2, 0.25) is 0 Å². The van der Waals surface area contributed by atoms with Gasteiger partial charge in [-0.25, -0.2) is 17.1 Å². The van der Waals surface area contributed by atoms with Crippen molar-refractivity contribution in [3.63, 3.8) is 0 Å². The van der Waals surface area contributed by atoms with E-state index in [2.05, 4.69) is 5.32 Å². The molecule has 1 N–H and O–H groups in total. The SMILES string of the molecule is CC(C(=O)NC(C)(C)C)N(Cc1ccc(F)cc1)C(=O)CCN1C(=O)c2ccccc2S1(=O)=O. The lowest BCUT2D eigenvalue weighted by atomic mass is 10.1. The fraction of sp³-hybridized carbons (Fsp3) is 0.375. The van der Waals surface area contributed by atoms with Crippen molar-refractivity contribution in [3.8, 4) is 0 Å². The fourth-order valence-electron chi connectivity index (χ4n) is 3.64. The highest BCUT2D eigenvalue weighted by atomic mass is 32.2. The number of nitrogens with zero attached hydrogens (tertiary/aromatic N) is 2. The average molecular weight is 490 g/mol. The molecule has 10 heteroatoms. The van der Waals surface area contributed by atoms with Gasteiger partial charge in [-0.15, -0.1) is 0 Å². The zero-order valence-corrected chi connectivity index (χ0v) is 20.4. The van der Waals surface area contributed by atoms with Gasteiger partial charge in [-0.1, -0.05) is 24.3 Å². The van der Waals surface area contributed by atoms with Crippen molar-refractivity contribution in [1.29, 1.82) is 0 Å². The van der Waals surface area contributed by atoms with E-state index in [-0.39, 0.29) is 35.9 Å². The summed E-state index contributed by atoms with van der Waals surface area (Å²) in [6.07, 6.45) is -0.312. The van der Waals surface area contributed by atoms with E-state index in [0.29, 0.717) is 9.87 Å². The van der Waals surface area contributed by atoms with Crippen LogP contribution in [0.25, 0.3) is 0 Å². The van der Waals surface area contributed by atoms with Crippen molar-refractivity contribution in [2.45, 2.75) is 57.1 Å². The summed E-state index contributed by atoms with van der Waals surface area (Å²) in [5, 5.41) is 2.83. The van der Waals surface area contributed by atoms with Crippen LogP contribution in [-0.2, 0) is 26.2 Å². The molecule has 0 radical (unpaired) electrons. The Kier molecular flexibility index (Phi) is 7.11. The Morgan fingerprint density at radius 1 is 1.09 bits per heavy atom. The number of fused-ring (bicyclic) bond motifs is 1. The first-order valence-corrected chi connectivity index (χ1v) is 12.3. The van der Waals surface area contributed by atoms with Crippen molar-refractivity contribution in [3.05, 3.63) is 65.5 Å². The number of carbonyl (C=O) groups is 3. The Morgan fingerprint density at radius 2 is 1.71 bits per heavy atom. The molecular formula is C24H28FN3O5S. The molecule has 2 aromatic rings. The smallest absolute Gasteiger partial charge is 0.269 e. The summed E-state index contributed by atoms with van der Waals surface area (Å²) in [5.41, 5.74) is 0.135. The van der Waals surface area contributed by atoms with Crippen LogP contribution in [0.15, 0.2) is 53.4 Å². The van der Waals surface area contributed by atoms with E-state index >= 15 is 0 Å². The fourth-order valence-corrected chi connectivity index (χ4v) is 5.21. The largest absolute Gasteiger partial charge is 0.350 e. The minimum atomic E-state index is -4.05. The first-order chi connectivity index (χ1) is 15.8. The van der Waals surface area contributed by atoms with E-state index in [9.17, 15) is 27.2 Å². The van der Waals surface area contributed by atoms with Gasteiger partial charge in [0.2, 0.25) is 11.8 Å². The molecule has 0 saturated heterocycles. The Morgan fingerprint density at radius 3 is 2.29 bits per heavy atom. The lowest BCUT2D eigenvalue weighted by Crippen LogP contribution is -2.52. The average Bonchev–Trinajstić information content (AvgIpc) is 2.95. The second kappa shape index (κ2) is 9.54. The molecule has 1 unspecified atom stereocenters. The van der Waals surface area contributed by atoms with E-state index in [1.165, 1.54) is 47.4 Å². The van der Waals surface area contributed by atoms with Gasteiger partial charge in [0.15, 0.2) is 0 Å². The van der Waals surface area contributed by atoms with E-state index in [1.807, 2.05) is 20.8 Å². The standard InChI is InChI=1S/C24H28FN3O5S/c1-16(22(30)26-24(2,3)4)27(15-17-9-11-18(25)12-10-17)21(29)13-14-28-23(31)19-7-5-6-8-20(19)34(28,32)33/h5-12,16H,13-15H2,1-4H3,(H,26,30). The molecule has 8 nitrogen and oxygen atoms in total. The number of benzene rings is 2. The first-order valence-electron chi connectivity index (χ1n) is 10.8. The number of rotatable bonds is 7. The molecule has 2 aromatic carbocycles. The number of carbonyl (C=O) groups excluding carboxylic acids is 3. The topological polar surface area (TPSA) is 104 Å². The minimum Gasteiger partial charge on any atom is -0.350 e. The van der Waals surface area contributed by atoms with Crippen molar-refractivity contribution in [1.82, 2.24) is 14.5 Å². The van der Waals surface area contributed by atoms with Gasteiger partial charge < -0.3 is 10.2 Å². The summed E-state index contributed by atoms with van der Waals surface area (Å²) in [7, 11) is -4.05. The predicted molar refractivity (Wildman–Crippen MR) is 124 cm³/mol. The first kappa shape index (κ1) is 25.4. The van der Waals surface area contributed by atoms with Crippen molar-refractivity contribution in [2.24, 2.45) is 0 Å². The van der Waals surface area contributed by atoms with Gasteiger partial charge in [-0.2, -0.15) is 0 Å². The van der Waals surface area contributed by atoms with Crippen LogP contribution in [0.5, 0.6) is 0 Å². The molecule has 3 amide bonds. The molecule has 1 aliphatic rings. The molecule has 1 atom stereocenters. The zero-order valence-electron chi connectivity index (χ0n) is 19.5. The number of halogens is 1. The van der Waals surface area contributed by atoms with E-state index < -0.39 is 39.2 Å². The van der Waals surface area contributed by atoms with Crippen molar-refractivity contribution < 1.29 is 27.2 Å². The minimum absolute atomic E-state index is 0.0127. The Bertz CT molecular complexity index is 1210.